The van der Waals surface area contributed by atoms with Crippen molar-refractivity contribution in [1.82, 2.24) is 0 Å². The SMILES string of the molecule is CCCC(CO)Cc1ccc(C)cc1. The van der Waals surface area contributed by atoms with Crippen molar-refractivity contribution in [1.29, 1.82) is 0 Å². The molecule has 0 amide bonds. The second kappa shape index (κ2) is 5.82. The van der Waals surface area contributed by atoms with E-state index in [4.69, 9.17) is 0 Å². The number of aryl methyl sites for hydroxylation is 1. The van der Waals surface area contributed by atoms with E-state index in [-0.39, 0.29) is 0 Å². The van der Waals surface area contributed by atoms with Crippen molar-refractivity contribution in [3.8, 4) is 0 Å². The third-order valence-corrected chi connectivity index (χ3v) is 2.60. The lowest BCUT2D eigenvalue weighted by Crippen LogP contribution is -2.09. The molecule has 1 N–H and O–H groups in total. The molecule has 0 heterocycles. The van der Waals surface area contributed by atoms with E-state index < -0.39 is 0 Å². The largest absolute Gasteiger partial charge is 0.396 e. The Morgan fingerprint density at radius 1 is 1.21 bits per heavy atom. The third-order valence-electron chi connectivity index (χ3n) is 2.60. The maximum atomic E-state index is 9.17. The van der Waals surface area contributed by atoms with Gasteiger partial charge in [0.1, 0.15) is 0 Å². The van der Waals surface area contributed by atoms with E-state index in [0.29, 0.717) is 12.5 Å². The van der Waals surface area contributed by atoms with E-state index in [1.165, 1.54) is 11.1 Å². The highest BCUT2D eigenvalue weighted by atomic mass is 16.3. The highest BCUT2D eigenvalue weighted by Gasteiger charge is 2.06. The quantitative estimate of drug-likeness (QED) is 0.760. The van der Waals surface area contributed by atoms with Gasteiger partial charge in [-0.3, -0.25) is 0 Å². The van der Waals surface area contributed by atoms with Gasteiger partial charge < -0.3 is 5.11 Å². The summed E-state index contributed by atoms with van der Waals surface area (Å²) in [7, 11) is 0. The minimum absolute atomic E-state index is 0.307. The van der Waals surface area contributed by atoms with E-state index in [1.54, 1.807) is 0 Å². The van der Waals surface area contributed by atoms with Crippen LogP contribution in [-0.4, -0.2) is 11.7 Å². The second-order valence-electron chi connectivity index (χ2n) is 4.03. The summed E-state index contributed by atoms with van der Waals surface area (Å²) in [6.07, 6.45) is 3.27. The van der Waals surface area contributed by atoms with E-state index >= 15 is 0 Å². The topological polar surface area (TPSA) is 20.2 Å². The van der Waals surface area contributed by atoms with Crippen LogP contribution in [0.1, 0.15) is 30.9 Å². The minimum Gasteiger partial charge on any atom is -0.396 e. The Hall–Kier alpha value is -0.820. The first-order valence-electron chi connectivity index (χ1n) is 5.42. The van der Waals surface area contributed by atoms with Gasteiger partial charge in [-0.15, -0.1) is 0 Å². The molecule has 0 fully saturated rings. The summed E-state index contributed by atoms with van der Waals surface area (Å²) in [5.74, 6) is 0.433. The monoisotopic (exact) mass is 192 g/mol. The van der Waals surface area contributed by atoms with Crippen molar-refractivity contribution >= 4 is 0 Å². The Kier molecular flexibility index (Phi) is 4.68. The first-order chi connectivity index (χ1) is 6.76. The van der Waals surface area contributed by atoms with Gasteiger partial charge in [0.25, 0.3) is 0 Å². The van der Waals surface area contributed by atoms with Crippen molar-refractivity contribution in [2.75, 3.05) is 6.61 Å². The lowest BCUT2D eigenvalue weighted by Gasteiger charge is -2.12. The zero-order valence-electron chi connectivity index (χ0n) is 9.16. The maximum Gasteiger partial charge on any atom is 0.0462 e. The summed E-state index contributed by atoms with van der Waals surface area (Å²) in [5.41, 5.74) is 2.63. The van der Waals surface area contributed by atoms with Crippen LogP contribution in [0.5, 0.6) is 0 Å². The highest BCUT2D eigenvalue weighted by molar-refractivity contribution is 5.21. The molecule has 0 bridgehead atoms. The third kappa shape index (κ3) is 3.51. The molecular formula is C13H20O. The molecule has 1 unspecified atom stereocenters. The fourth-order valence-corrected chi connectivity index (χ4v) is 1.72. The molecule has 14 heavy (non-hydrogen) atoms. The zero-order valence-corrected chi connectivity index (χ0v) is 9.16. The fourth-order valence-electron chi connectivity index (χ4n) is 1.72. The summed E-state index contributed by atoms with van der Waals surface area (Å²) in [6.45, 7) is 4.57. The van der Waals surface area contributed by atoms with Crippen LogP contribution in [0.25, 0.3) is 0 Å². The van der Waals surface area contributed by atoms with Gasteiger partial charge in [0.15, 0.2) is 0 Å². The lowest BCUT2D eigenvalue weighted by molar-refractivity contribution is 0.217. The number of hydrogen-bond donors (Lipinski definition) is 1. The molecule has 0 saturated heterocycles. The molecule has 0 aliphatic heterocycles. The smallest absolute Gasteiger partial charge is 0.0462 e. The lowest BCUT2D eigenvalue weighted by atomic mass is 9.95. The fraction of sp³-hybridized carbons (Fsp3) is 0.538. The number of benzene rings is 1. The van der Waals surface area contributed by atoms with Crippen LogP contribution >= 0.6 is 0 Å². The standard InChI is InChI=1S/C13H20O/c1-3-4-13(10-14)9-12-7-5-11(2)6-8-12/h5-8,13-14H,3-4,9-10H2,1-2H3. The number of aliphatic hydroxyl groups excluding tert-OH is 1. The van der Waals surface area contributed by atoms with Crippen molar-refractivity contribution in [3.63, 3.8) is 0 Å². The van der Waals surface area contributed by atoms with Gasteiger partial charge in [-0.25, -0.2) is 0 Å². The van der Waals surface area contributed by atoms with Crippen LogP contribution in [0.4, 0.5) is 0 Å². The molecule has 1 rings (SSSR count). The molecule has 0 radical (unpaired) electrons. The Morgan fingerprint density at radius 3 is 2.36 bits per heavy atom. The van der Waals surface area contributed by atoms with Gasteiger partial charge in [-0.05, 0) is 31.2 Å². The normalized spacial score (nSPS) is 12.8. The van der Waals surface area contributed by atoms with E-state index in [2.05, 4.69) is 38.1 Å². The van der Waals surface area contributed by atoms with E-state index in [9.17, 15) is 5.11 Å². The number of aliphatic hydroxyl groups is 1. The molecule has 1 nitrogen and oxygen atoms in total. The van der Waals surface area contributed by atoms with Crippen LogP contribution in [0, 0.1) is 12.8 Å². The number of rotatable bonds is 5. The first-order valence-corrected chi connectivity index (χ1v) is 5.42. The van der Waals surface area contributed by atoms with Crippen LogP contribution in [0.15, 0.2) is 24.3 Å². The molecule has 0 aliphatic rings. The van der Waals surface area contributed by atoms with Crippen molar-refractivity contribution in [2.45, 2.75) is 33.1 Å². The van der Waals surface area contributed by atoms with Crippen molar-refractivity contribution in [2.24, 2.45) is 5.92 Å². The molecule has 0 saturated carbocycles. The van der Waals surface area contributed by atoms with Crippen LogP contribution in [-0.2, 0) is 6.42 Å². The molecule has 0 spiro atoms. The molecule has 1 atom stereocenters. The molecule has 1 aromatic rings. The van der Waals surface area contributed by atoms with Crippen LogP contribution in [0.2, 0.25) is 0 Å². The van der Waals surface area contributed by atoms with E-state index in [1.807, 2.05) is 0 Å². The predicted molar refractivity (Wildman–Crippen MR) is 60.4 cm³/mol. The average molecular weight is 192 g/mol. The Bertz CT molecular complexity index is 250. The van der Waals surface area contributed by atoms with Gasteiger partial charge in [-0.1, -0.05) is 43.2 Å². The van der Waals surface area contributed by atoms with E-state index in [0.717, 1.165) is 19.3 Å². The maximum absolute atomic E-state index is 9.17. The van der Waals surface area contributed by atoms with Crippen LogP contribution in [0.3, 0.4) is 0 Å². The van der Waals surface area contributed by atoms with Crippen LogP contribution < -0.4 is 0 Å². The average Bonchev–Trinajstić information content (AvgIpc) is 2.20. The Morgan fingerprint density at radius 2 is 1.86 bits per heavy atom. The van der Waals surface area contributed by atoms with Gasteiger partial charge in [-0.2, -0.15) is 0 Å². The van der Waals surface area contributed by atoms with Gasteiger partial charge in [0.2, 0.25) is 0 Å². The molecule has 78 valence electrons. The molecule has 1 heteroatoms. The first kappa shape index (κ1) is 11.3. The zero-order chi connectivity index (χ0) is 10.4. The minimum atomic E-state index is 0.307. The summed E-state index contributed by atoms with van der Waals surface area (Å²) in [4.78, 5) is 0. The molecule has 0 aromatic heterocycles. The van der Waals surface area contributed by atoms with Gasteiger partial charge in [0.05, 0.1) is 0 Å². The summed E-state index contributed by atoms with van der Waals surface area (Å²) in [5, 5.41) is 9.17. The molecular weight excluding hydrogens is 172 g/mol. The Balaban J connectivity index is 2.53. The molecule has 1 aromatic carbocycles. The van der Waals surface area contributed by atoms with Crippen molar-refractivity contribution < 1.29 is 5.11 Å². The summed E-state index contributed by atoms with van der Waals surface area (Å²) < 4.78 is 0. The summed E-state index contributed by atoms with van der Waals surface area (Å²) >= 11 is 0. The van der Waals surface area contributed by atoms with Gasteiger partial charge in [0, 0.05) is 6.61 Å². The van der Waals surface area contributed by atoms with Crippen molar-refractivity contribution in [3.05, 3.63) is 35.4 Å². The Labute approximate surface area is 86.8 Å². The predicted octanol–water partition coefficient (Wildman–Crippen LogP) is 2.95. The number of hydrogen-bond acceptors (Lipinski definition) is 1. The summed E-state index contributed by atoms with van der Waals surface area (Å²) in [6, 6.07) is 8.59. The second-order valence-corrected chi connectivity index (χ2v) is 4.03. The highest BCUT2D eigenvalue weighted by Crippen LogP contribution is 2.14. The van der Waals surface area contributed by atoms with Gasteiger partial charge >= 0.3 is 0 Å². The molecule has 0 aliphatic carbocycles.